The van der Waals surface area contributed by atoms with E-state index in [0.717, 1.165) is 19.3 Å². The number of nitrogens with two attached hydrogens (primary N) is 1. The summed E-state index contributed by atoms with van der Waals surface area (Å²) >= 11 is 9.28. The highest BCUT2D eigenvalue weighted by atomic mass is 79.9. The number of sulfonamides is 1. The average Bonchev–Trinajstić information content (AvgIpc) is 2.78. The van der Waals surface area contributed by atoms with Crippen LogP contribution in [0.4, 0.5) is 0 Å². The van der Waals surface area contributed by atoms with Crippen molar-refractivity contribution in [3.63, 3.8) is 0 Å². The van der Waals surface area contributed by atoms with Gasteiger partial charge in [-0.25, -0.2) is 13.1 Å². The van der Waals surface area contributed by atoms with E-state index in [2.05, 4.69) is 20.7 Å². The molecule has 0 radical (unpaired) electrons. The number of hydrogen-bond donors (Lipinski definition) is 2. The number of hydrogen-bond acceptors (Lipinski definition) is 3. The zero-order valence-electron chi connectivity index (χ0n) is 10.7. The quantitative estimate of drug-likeness (QED) is 0.811. The second-order valence-corrected chi connectivity index (χ2v) is 7.62. The normalized spacial score (nSPS) is 22.6. The average molecular weight is 404 g/mol. The molecule has 0 amide bonds. The van der Waals surface area contributed by atoms with E-state index in [4.69, 9.17) is 17.3 Å². The molecule has 8 heteroatoms. The predicted octanol–water partition coefficient (Wildman–Crippen LogP) is 2.93. The Morgan fingerprint density at radius 2 is 2.10 bits per heavy atom. The Morgan fingerprint density at radius 3 is 2.75 bits per heavy atom. The molecule has 114 valence electrons. The molecule has 1 aromatic rings. The minimum absolute atomic E-state index is 0. The van der Waals surface area contributed by atoms with Gasteiger partial charge < -0.3 is 5.73 Å². The maximum Gasteiger partial charge on any atom is 0.242 e. The Hall–Kier alpha value is 0.150. The van der Waals surface area contributed by atoms with Gasteiger partial charge in [0.25, 0.3) is 0 Å². The van der Waals surface area contributed by atoms with Crippen molar-refractivity contribution in [3.8, 4) is 0 Å². The van der Waals surface area contributed by atoms with Crippen molar-refractivity contribution in [2.45, 2.75) is 30.2 Å². The van der Waals surface area contributed by atoms with Gasteiger partial charge in [0, 0.05) is 10.5 Å². The van der Waals surface area contributed by atoms with Gasteiger partial charge in [0.05, 0.1) is 5.02 Å². The van der Waals surface area contributed by atoms with E-state index >= 15 is 0 Å². The van der Waals surface area contributed by atoms with Crippen LogP contribution in [0.5, 0.6) is 0 Å². The molecule has 3 N–H and O–H groups in total. The summed E-state index contributed by atoms with van der Waals surface area (Å²) in [5.41, 5.74) is 5.67. The van der Waals surface area contributed by atoms with Gasteiger partial charge in [0.15, 0.2) is 0 Å². The van der Waals surface area contributed by atoms with Crippen molar-refractivity contribution in [3.05, 3.63) is 27.7 Å². The molecule has 2 rings (SSSR count). The zero-order chi connectivity index (χ0) is 14.0. The number of nitrogens with one attached hydrogen (secondary N) is 1. The summed E-state index contributed by atoms with van der Waals surface area (Å²) in [5, 5.41) is 0.206. The maximum absolute atomic E-state index is 12.4. The first-order valence-corrected chi connectivity index (χ1v) is 8.77. The zero-order valence-corrected chi connectivity index (χ0v) is 14.7. The molecular weight excluding hydrogens is 387 g/mol. The molecule has 0 bridgehead atoms. The van der Waals surface area contributed by atoms with E-state index in [9.17, 15) is 8.42 Å². The second-order valence-electron chi connectivity index (χ2n) is 4.71. The van der Waals surface area contributed by atoms with Gasteiger partial charge in [-0.15, -0.1) is 12.4 Å². The summed E-state index contributed by atoms with van der Waals surface area (Å²) in [4.78, 5) is 0.103. The molecule has 1 aliphatic carbocycles. The van der Waals surface area contributed by atoms with Crippen molar-refractivity contribution in [1.29, 1.82) is 0 Å². The molecule has 1 fully saturated rings. The molecule has 0 heterocycles. The molecule has 4 nitrogen and oxygen atoms in total. The summed E-state index contributed by atoms with van der Waals surface area (Å²) < 4.78 is 28.0. The van der Waals surface area contributed by atoms with Crippen LogP contribution >= 0.6 is 39.9 Å². The first-order valence-electron chi connectivity index (χ1n) is 6.12. The lowest BCUT2D eigenvalue weighted by Gasteiger charge is -2.20. The van der Waals surface area contributed by atoms with Crippen LogP contribution in [0.15, 0.2) is 27.6 Å². The topological polar surface area (TPSA) is 72.2 Å². The minimum atomic E-state index is -3.61. The van der Waals surface area contributed by atoms with E-state index in [1.807, 2.05) is 0 Å². The fourth-order valence-corrected chi connectivity index (χ4v) is 4.80. The van der Waals surface area contributed by atoms with E-state index in [1.165, 1.54) is 6.07 Å². The van der Waals surface area contributed by atoms with Gasteiger partial charge in [0.1, 0.15) is 4.90 Å². The SMILES string of the molecule is Cl.NCC1CCCC1NS(=O)(=O)c1cccc(Br)c1Cl. The van der Waals surface area contributed by atoms with Crippen molar-refractivity contribution in [2.24, 2.45) is 11.7 Å². The Bertz CT molecular complexity index is 569. The fourth-order valence-electron chi connectivity index (χ4n) is 2.43. The number of rotatable bonds is 4. The molecule has 0 saturated heterocycles. The molecule has 0 aliphatic heterocycles. The van der Waals surface area contributed by atoms with Crippen LogP contribution < -0.4 is 10.5 Å². The van der Waals surface area contributed by atoms with Crippen molar-refractivity contribution >= 4 is 50.0 Å². The lowest BCUT2D eigenvalue weighted by atomic mass is 10.1. The Labute approximate surface area is 139 Å². The molecule has 0 aromatic heterocycles. The standard InChI is InChI=1S/C12H16BrClN2O2S.ClH/c13-9-4-2-6-11(12(9)14)19(17,18)16-10-5-1-3-8(10)7-15;/h2,4,6,8,10,16H,1,3,5,7,15H2;1H. The van der Waals surface area contributed by atoms with Gasteiger partial charge in [-0.1, -0.05) is 24.1 Å². The third kappa shape index (κ3) is 3.87. The van der Waals surface area contributed by atoms with Crippen LogP contribution in [0.3, 0.4) is 0 Å². The smallest absolute Gasteiger partial charge is 0.242 e. The Kier molecular flexibility index (Phi) is 6.76. The summed E-state index contributed by atoms with van der Waals surface area (Å²) in [6, 6.07) is 4.77. The summed E-state index contributed by atoms with van der Waals surface area (Å²) in [6.07, 6.45) is 2.80. The highest BCUT2D eigenvalue weighted by Crippen LogP contribution is 2.31. The number of halogens is 3. The lowest BCUT2D eigenvalue weighted by Crippen LogP contribution is -2.39. The fraction of sp³-hybridized carbons (Fsp3) is 0.500. The highest BCUT2D eigenvalue weighted by Gasteiger charge is 2.31. The first kappa shape index (κ1) is 18.2. The maximum atomic E-state index is 12.4. The van der Waals surface area contributed by atoms with Gasteiger partial charge >= 0.3 is 0 Å². The lowest BCUT2D eigenvalue weighted by molar-refractivity contribution is 0.453. The highest BCUT2D eigenvalue weighted by molar-refractivity contribution is 9.10. The molecule has 1 saturated carbocycles. The van der Waals surface area contributed by atoms with E-state index in [-0.39, 0.29) is 34.3 Å². The molecule has 2 unspecified atom stereocenters. The van der Waals surface area contributed by atoms with Crippen molar-refractivity contribution < 1.29 is 8.42 Å². The van der Waals surface area contributed by atoms with Crippen LogP contribution in [0.1, 0.15) is 19.3 Å². The monoisotopic (exact) mass is 402 g/mol. The largest absolute Gasteiger partial charge is 0.330 e. The van der Waals surface area contributed by atoms with Gasteiger partial charge in [-0.3, -0.25) is 0 Å². The summed E-state index contributed by atoms with van der Waals surface area (Å²) in [5.74, 6) is 0.209. The van der Waals surface area contributed by atoms with Crippen LogP contribution in [0.2, 0.25) is 5.02 Å². The Balaban J connectivity index is 0.00000200. The van der Waals surface area contributed by atoms with Crippen LogP contribution in [-0.4, -0.2) is 21.0 Å². The first-order chi connectivity index (χ1) is 8.95. The predicted molar refractivity (Wildman–Crippen MR) is 86.9 cm³/mol. The molecule has 20 heavy (non-hydrogen) atoms. The van der Waals surface area contributed by atoms with Gasteiger partial charge in [0.2, 0.25) is 10.0 Å². The molecular formula is C12H17BrCl2N2O2S. The van der Waals surface area contributed by atoms with Gasteiger partial charge in [-0.05, 0) is 53.4 Å². The van der Waals surface area contributed by atoms with E-state index in [0.29, 0.717) is 11.0 Å². The third-order valence-electron chi connectivity index (χ3n) is 3.47. The third-order valence-corrected chi connectivity index (χ3v) is 6.41. The molecule has 2 atom stereocenters. The number of benzene rings is 1. The second kappa shape index (κ2) is 7.42. The van der Waals surface area contributed by atoms with Crippen LogP contribution in [0, 0.1) is 5.92 Å². The van der Waals surface area contributed by atoms with Crippen LogP contribution in [0.25, 0.3) is 0 Å². The minimum Gasteiger partial charge on any atom is -0.330 e. The summed E-state index contributed by atoms with van der Waals surface area (Å²) in [7, 11) is -3.61. The van der Waals surface area contributed by atoms with Gasteiger partial charge in [-0.2, -0.15) is 0 Å². The van der Waals surface area contributed by atoms with E-state index in [1.54, 1.807) is 12.1 Å². The summed E-state index contributed by atoms with van der Waals surface area (Å²) in [6.45, 7) is 0.499. The molecule has 1 aliphatic rings. The van der Waals surface area contributed by atoms with Crippen molar-refractivity contribution in [2.75, 3.05) is 6.54 Å². The van der Waals surface area contributed by atoms with Crippen LogP contribution in [-0.2, 0) is 10.0 Å². The Morgan fingerprint density at radius 1 is 1.40 bits per heavy atom. The molecule has 0 spiro atoms. The van der Waals surface area contributed by atoms with Crippen molar-refractivity contribution in [1.82, 2.24) is 4.72 Å². The molecule has 1 aromatic carbocycles. The van der Waals surface area contributed by atoms with E-state index < -0.39 is 10.0 Å².